The number of benzene rings is 2. The van der Waals surface area contributed by atoms with E-state index < -0.39 is 27.9 Å². The van der Waals surface area contributed by atoms with Crippen molar-refractivity contribution in [1.82, 2.24) is 0 Å². The second-order valence-electron chi connectivity index (χ2n) is 6.42. The second kappa shape index (κ2) is 9.28. The molecule has 0 aliphatic heterocycles. The number of amides is 1. The van der Waals surface area contributed by atoms with Crippen LogP contribution < -0.4 is 9.62 Å². The zero-order valence-corrected chi connectivity index (χ0v) is 18.2. The maximum atomic E-state index is 12.9. The van der Waals surface area contributed by atoms with Crippen LogP contribution in [0.25, 0.3) is 0 Å². The number of anilines is 2. The number of carbonyl (C=O) groups excluding carboxylic acids is 2. The molecule has 1 N–H and O–H groups in total. The summed E-state index contributed by atoms with van der Waals surface area (Å²) in [6.45, 7) is 5.11. The lowest BCUT2D eigenvalue weighted by Crippen LogP contribution is -2.45. The number of hydrogen-bond acceptors (Lipinski definition) is 5. The molecule has 9 heteroatoms. The van der Waals surface area contributed by atoms with Gasteiger partial charge in [0.15, 0.2) is 0 Å². The van der Waals surface area contributed by atoms with Gasteiger partial charge in [0.25, 0.3) is 0 Å². The van der Waals surface area contributed by atoms with E-state index >= 15 is 0 Å². The maximum Gasteiger partial charge on any atom is 0.340 e. The lowest BCUT2D eigenvalue weighted by atomic mass is 10.1. The van der Waals surface area contributed by atoms with Gasteiger partial charge in [0, 0.05) is 5.02 Å². The maximum absolute atomic E-state index is 12.9. The van der Waals surface area contributed by atoms with E-state index in [1.807, 2.05) is 0 Å². The standard InChI is InChI=1S/C20H23ClN2O5S/c1-5-28-20(25)16-8-6-7-9-18(16)22-19(24)14(3)23(29(4,26)27)15-11-10-13(2)17(21)12-15/h6-12,14H,5H2,1-4H3,(H,22,24)/t14-/m1/s1. The molecule has 2 rings (SSSR count). The van der Waals surface area contributed by atoms with E-state index in [0.717, 1.165) is 16.1 Å². The van der Waals surface area contributed by atoms with E-state index in [0.29, 0.717) is 5.02 Å². The van der Waals surface area contributed by atoms with Gasteiger partial charge in [0.05, 0.1) is 29.8 Å². The molecule has 0 saturated carbocycles. The Kier molecular flexibility index (Phi) is 7.26. The average Bonchev–Trinajstić information content (AvgIpc) is 2.64. The summed E-state index contributed by atoms with van der Waals surface area (Å²) in [4.78, 5) is 25.0. The number of esters is 1. The normalized spacial score (nSPS) is 12.2. The lowest BCUT2D eigenvalue weighted by Gasteiger charge is -2.28. The summed E-state index contributed by atoms with van der Waals surface area (Å²) in [5, 5.41) is 3.00. The van der Waals surface area contributed by atoms with Crippen LogP contribution >= 0.6 is 11.6 Å². The molecule has 0 aliphatic carbocycles. The molecule has 0 radical (unpaired) electrons. The minimum atomic E-state index is -3.80. The zero-order chi connectivity index (χ0) is 21.8. The van der Waals surface area contributed by atoms with Crippen LogP contribution in [0.15, 0.2) is 42.5 Å². The highest BCUT2D eigenvalue weighted by atomic mass is 35.5. The van der Waals surface area contributed by atoms with Gasteiger partial charge in [-0.05, 0) is 50.6 Å². The molecule has 7 nitrogen and oxygen atoms in total. The molecule has 0 aliphatic rings. The first-order valence-electron chi connectivity index (χ1n) is 8.88. The number of nitrogens with one attached hydrogen (secondary N) is 1. The number of nitrogens with zero attached hydrogens (tertiary/aromatic N) is 1. The van der Waals surface area contributed by atoms with E-state index in [4.69, 9.17) is 16.3 Å². The Bertz CT molecular complexity index is 1020. The van der Waals surface area contributed by atoms with Gasteiger partial charge in [-0.3, -0.25) is 9.10 Å². The highest BCUT2D eigenvalue weighted by Gasteiger charge is 2.30. The van der Waals surface area contributed by atoms with Gasteiger partial charge in [-0.1, -0.05) is 29.8 Å². The average molecular weight is 439 g/mol. The number of sulfonamides is 1. The van der Waals surface area contributed by atoms with Crippen molar-refractivity contribution in [2.75, 3.05) is 22.5 Å². The van der Waals surface area contributed by atoms with Gasteiger partial charge in [-0.25, -0.2) is 13.2 Å². The number of halogens is 1. The SMILES string of the molecule is CCOC(=O)c1ccccc1NC(=O)[C@@H](C)N(c1ccc(C)c(Cl)c1)S(C)(=O)=O. The number of rotatable bonds is 7. The van der Waals surface area contributed by atoms with Crippen LogP contribution in [0, 0.1) is 6.92 Å². The Morgan fingerprint density at radius 2 is 1.86 bits per heavy atom. The number of para-hydroxylation sites is 1. The number of hydrogen-bond donors (Lipinski definition) is 1. The van der Waals surface area contributed by atoms with Gasteiger partial charge < -0.3 is 10.1 Å². The van der Waals surface area contributed by atoms with Gasteiger partial charge >= 0.3 is 5.97 Å². The van der Waals surface area contributed by atoms with Crippen LogP contribution in [0.4, 0.5) is 11.4 Å². The van der Waals surface area contributed by atoms with Crippen molar-refractivity contribution in [1.29, 1.82) is 0 Å². The fourth-order valence-electron chi connectivity index (χ4n) is 2.74. The molecule has 0 fully saturated rings. The van der Waals surface area contributed by atoms with E-state index in [2.05, 4.69) is 5.32 Å². The number of aryl methyl sites for hydroxylation is 1. The van der Waals surface area contributed by atoms with Crippen LogP contribution in [0.3, 0.4) is 0 Å². The Labute approximate surface area is 175 Å². The second-order valence-corrected chi connectivity index (χ2v) is 8.69. The molecule has 0 spiro atoms. The van der Waals surface area contributed by atoms with Crippen molar-refractivity contribution in [3.63, 3.8) is 0 Å². The van der Waals surface area contributed by atoms with Gasteiger partial charge in [0.2, 0.25) is 15.9 Å². The van der Waals surface area contributed by atoms with Crippen molar-refractivity contribution in [3.05, 3.63) is 58.6 Å². The lowest BCUT2D eigenvalue weighted by molar-refractivity contribution is -0.116. The van der Waals surface area contributed by atoms with Crippen LogP contribution in [0.5, 0.6) is 0 Å². The number of carbonyl (C=O) groups is 2. The summed E-state index contributed by atoms with van der Waals surface area (Å²) < 4.78 is 30.8. The Hall–Kier alpha value is -2.58. The van der Waals surface area contributed by atoms with Crippen LogP contribution in [0.2, 0.25) is 5.02 Å². The van der Waals surface area contributed by atoms with E-state index in [-0.39, 0.29) is 23.5 Å². The summed E-state index contributed by atoms with van der Waals surface area (Å²) >= 11 is 6.13. The Morgan fingerprint density at radius 3 is 2.45 bits per heavy atom. The van der Waals surface area contributed by atoms with E-state index in [1.165, 1.54) is 19.1 Å². The summed E-state index contributed by atoms with van der Waals surface area (Å²) in [5.74, 6) is -1.19. The molecule has 0 heterocycles. The van der Waals surface area contributed by atoms with Crippen molar-refractivity contribution >= 4 is 44.9 Å². The van der Waals surface area contributed by atoms with Crippen LogP contribution in [0.1, 0.15) is 29.8 Å². The van der Waals surface area contributed by atoms with Crippen LogP contribution in [-0.2, 0) is 19.6 Å². The topological polar surface area (TPSA) is 92.8 Å². The fourth-order valence-corrected chi connectivity index (χ4v) is 4.09. The first kappa shape index (κ1) is 22.7. The summed E-state index contributed by atoms with van der Waals surface area (Å²) in [6, 6.07) is 10.0. The van der Waals surface area contributed by atoms with Crippen molar-refractivity contribution < 1.29 is 22.7 Å². The monoisotopic (exact) mass is 438 g/mol. The molecule has 1 amide bonds. The van der Waals surface area contributed by atoms with Crippen molar-refractivity contribution in [2.45, 2.75) is 26.8 Å². The molecular weight excluding hydrogens is 416 g/mol. The predicted molar refractivity (Wildman–Crippen MR) is 114 cm³/mol. The molecule has 0 aromatic heterocycles. The third kappa shape index (κ3) is 5.48. The van der Waals surface area contributed by atoms with Crippen molar-refractivity contribution in [2.24, 2.45) is 0 Å². The van der Waals surface area contributed by atoms with Crippen LogP contribution in [-0.4, -0.2) is 39.2 Å². The first-order valence-corrected chi connectivity index (χ1v) is 11.1. The molecule has 0 saturated heterocycles. The minimum absolute atomic E-state index is 0.180. The summed E-state index contributed by atoms with van der Waals surface area (Å²) in [6.07, 6.45) is 1.01. The molecule has 1 atom stereocenters. The predicted octanol–water partition coefficient (Wildman–Crippen LogP) is 3.62. The van der Waals surface area contributed by atoms with Gasteiger partial charge in [0.1, 0.15) is 6.04 Å². The largest absolute Gasteiger partial charge is 0.462 e. The Balaban J connectivity index is 2.36. The fraction of sp³-hybridized carbons (Fsp3) is 0.300. The van der Waals surface area contributed by atoms with Gasteiger partial charge in [-0.2, -0.15) is 0 Å². The molecular formula is C20H23ClN2O5S. The summed E-state index contributed by atoms with van der Waals surface area (Å²) in [5.41, 5.74) is 1.46. The van der Waals surface area contributed by atoms with E-state index in [9.17, 15) is 18.0 Å². The van der Waals surface area contributed by atoms with E-state index in [1.54, 1.807) is 44.2 Å². The molecule has 29 heavy (non-hydrogen) atoms. The third-order valence-electron chi connectivity index (χ3n) is 4.18. The minimum Gasteiger partial charge on any atom is -0.462 e. The van der Waals surface area contributed by atoms with Gasteiger partial charge in [-0.15, -0.1) is 0 Å². The third-order valence-corrected chi connectivity index (χ3v) is 5.83. The number of ether oxygens (including phenoxy) is 1. The molecule has 0 unspecified atom stereocenters. The first-order chi connectivity index (χ1) is 13.6. The zero-order valence-electron chi connectivity index (χ0n) is 16.6. The Morgan fingerprint density at radius 1 is 1.21 bits per heavy atom. The highest BCUT2D eigenvalue weighted by Crippen LogP contribution is 2.27. The molecule has 156 valence electrons. The smallest absolute Gasteiger partial charge is 0.340 e. The summed E-state index contributed by atoms with van der Waals surface area (Å²) in [7, 11) is -3.80. The molecule has 0 bridgehead atoms. The molecule has 2 aromatic carbocycles. The quantitative estimate of drug-likeness (QED) is 0.666. The molecule has 2 aromatic rings. The highest BCUT2D eigenvalue weighted by molar-refractivity contribution is 7.92. The van der Waals surface area contributed by atoms with Crippen molar-refractivity contribution in [3.8, 4) is 0 Å².